The molecule has 2 atom stereocenters. The number of benzene rings is 1. The molecule has 0 bridgehead atoms. The first-order valence-electron chi connectivity index (χ1n) is 6.68. The molecular formula is C16H21N. The van der Waals surface area contributed by atoms with Crippen molar-refractivity contribution in [3.63, 3.8) is 0 Å². The van der Waals surface area contributed by atoms with Gasteiger partial charge in [-0.15, -0.1) is 0 Å². The van der Waals surface area contributed by atoms with Crippen molar-refractivity contribution in [2.24, 2.45) is 5.92 Å². The lowest BCUT2D eigenvalue weighted by Crippen LogP contribution is -2.13. The second-order valence-electron chi connectivity index (χ2n) is 5.89. The van der Waals surface area contributed by atoms with Gasteiger partial charge < -0.3 is 4.98 Å². The van der Waals surface area contributed by atoms with Crippen LogP contribution in [0.5, 0.6) is 0 Å². The molecule has 0 aliphatic heterocycles. The van der Waals surface area contributed by atoms with Crippen molar-refractivity contribution in [1.29, 1.82) is 0 Å². The molecular weight excluding hydrogens is 206 g/mol. The van der Waals surface area contributed by atoms with Crippen molar-refractivity contribution < 1.29 is 0 Å². The van der Waals surface area contributed by atoms with Crippen LogP contribution in [-0.4, -0.2) is 4.98 Å². The topological polar surface area (TPSA) is 15.8 Å². The van der Waals surface area contributed by atoms with Crippen molar-refractivity contribution in [2.75, 3.05) is 0 Å². The zero-order valence-electron chi connectivity index (χ0n) is 11.2. The highest BCUT2D eigenvalue weighted by molar-refractivity contribution is 5.89. The summed E-state index contributed by atoms with van der Waals surface area (Å²) in [6, 6.07) is 4.47. The number of aromatic nitrogens is 1. The van der Waals surface area contributed by atoms with Crippen LogP contribution in [0.1, 0.15) is 48.6 Å². The Labute approximate surface area is 103 Å². The average Bonchev–Trinajstić information content (AvgIpc) is 2.62. The minimum atomic E-state index is 0.697. The fourth-order valence-corrected chi connectivity index (χ4v) is 3.51. The lowest BCUT2D eigenvalue weighted by atomic mass is 9.80. The first kappa shape index (κ1) is 10.9. The second kappa shape index (κ2) is 3.63. The molecule has 2 aromatic rings. The minimum Gasteiger partial charge on any atom is -0.358 e. The third-order valence-corrected chi connectivity index (χ3v) is 4.42. The van der Waals surface area contributed by atoms with Crippen LogP contribution in [0, 0.1) is 19.8 Å². The molecule has 0 saturated heterocycles. The number of hydrogen-bond acceptors (Lipinski definition) is 0. The summed E-state index contributed by atoms with van der Waals surface area (Å²) in [5.74, 6) is 1.51. The van der Waals surface area contributed by atoms with Crippen molar-refractivity contribution in [3.05, 3.63) is 34.5 Å². The van der Waals surface area contributed by atoms with Gasteiger partial charge in [0.1, 0.15) is 0 Å². The molecule has 0 saturated carbocycles. The van der Waals surface area contributed by atoms with Gasteiger partial charge in [0.2, 0.25) is 0 Å². The third-order valence-electron chi connectivity index (χ3n) is 4.42. The monoisotopic (exact) mass is 227 g/mol. The number of aromatic amines is 1. The van der Waals surface area contributed by atoms with Crippen LogP contribution >= 0.6 is 0 Å². The van der Waals surface area contributed by atoms with E-state index in [2.05, 4.69) is 44.8 Å². The Morgan fingerprint density at radius 2 is 1.94 bits per heavy atom. The van der Waals surface area contributed by atoms with Crippen LogP contribution in [0.25, 0.3) is 10.9 Å². The van der Waals surface area contributed by atoms with E-state index in [1.54, 1.807) is 5.56 Å². The van der Waals surface area contributed by atoms with Gasteiger partial charge in [0.05, 0.1) is 0 Å². The van der Waals surface area contributed by atoms with E-state index in [4.69, 9.17) is 0 Å². The van der Waals surface area contributed by atoms with Crippen molar-refractivity contribution in [3.8, 4) is 0 Å². The molecule has 1 N–H and O–H groups in total. The van der Waals surface area contributed by atoms with E-state index in [0.29, 0.717) is 5.92 Å². The predicted molar refractivity (Wildman–Crippen MR) is 73.7 cm³/mol. The highest BCUT2D eigenvalue weighted by Gasteiger charge is 2.26. The molecule has 1 aromatic carbocycles. The molecule has 17 heavy (non-hydrogen) atoms. The molecule has 0 fully saturated rings. The first-order chi connectivity index (χ1) is 8.08. The zero-order valence-corrected chi connectivity index (χ0v) is 11.2. The molecule has 2 unspecified atom stereocenters. The van der Waals surface area contributed by atoms with Crippen LogP contribution in [0.15, 0.2) is 12.1 Å². The molecule has 1 aromatic heterocycles. The maximum Gasteiger partial charge on any atom is 0.0461 e. The van der Waals surface area contributed by atoms with Crippen LogP contribution in [-0.2, 0) is 6.42 Å². The maximum absolute atomic E-state index is 3.64. The first-order valence-corrected chi connectivity index (χ1v) is 6.68. The molecule has 1 aliphatic rings. The highest BCUT2D eigenvalue weighted by atomic mass is 14.7. The minimum absolute atomic E-state index is 0.697. The summed E-state index contributed by atoms with van der Waals surface area (Å²) < 4.78 is 0. The molecule has 0 spiro atoms. The summed E-state index contributed by atoms with van der Waals surface area (Å²) in [5, 5.41) is 1.50. The lowest BCUT2D eigenvalue weighted by Gasteiger charge is -2.25. The summed E-state index contributed by atoms with van der Waals surface area (Å²) in [7, 11) is 0. The molecule has 0 amide bonds. The van der Waals surface area contributed by atoms with Crippen LogP contribution in [0.4, 0.5) is 0 Å². The van der Waals surface area contributed by atoms with Crippen LogP contribution in [0.2, 0.25) is 0 Å². The lowest BCUT2D eigenvalue weighted by molar-refractivity contribution is 0.448. The highest BCUT2D eigenvalue weighted by Crippen LogP contribution is 2.40. The van der Waals surface area contributed by atoms with Gasteiger partial charge in [0.25, 0.3) is 0 Å². The number of H-pyrrole nitrogens is 1. The van der Waals surface area contributed by atoms with Gasteiger partial charge in [-0.2, -0.15) is 0 Å². The SMILES string of the molecule is Cc1ccc2[nH]c3c(c2c1C)C(C)CC(C)C3. The van der Waals surface area contributed by atoms with E-state index in [-0.39, 0.29) is 0 Å². The van der Waals surface area contributed by atoms with E-state index in [1.807, 2.05) is 0 Å². The van der Waals surface area contributed by atoms with Crippen LogP contribution < -0.4 is 0 Å². The Morgan fingerprint density at radius 1 is 1.18 bits per heavy atom. The number of nitrogens with one attached hydrogen (secondary N) is 1. The van der Waals surface area contributed by atoms with Gasteiger partial charge in [-0.25, -0.2) is 0 Å². The summed E-state index contributed by atoms with van der Waals surface area (Å²) >= 11 is 0. The fourth-order valence-electron chi connectivity index (χ4n) is 3.51. The van der Waals surface area contributed by atoms with Gasteiger partial charge in [-0.3, -0.25) is 0 Å². The summed E-state index contributed by atoms with van der Waals surface area (Å²) in [4.78, 5) is 3.64. The Balaban J connectivity index is 2.34. The molecule has 90 valence electrons. The van der Waals surface area contributed by atoms with Gasteiger partial charge in [0.15, 0.2) is 0 Å². The molecule has 3 rings (SSSR count). The normalized spacial score (nSPS) is 24.0. The van der Waals surface area contributed by atoms with E-state index < -0.39 is 0 Å². The van der Waals surface area contributed by atoms with Gasteiger partial charge >= 0.3 is 0 Å². The van der Waals surface area contributed by atoms with Gasteiger partial charge in [-0.1, -0.05) is 19.9 Å². The number of aryl methyl sites for hydroxylation is 2. The smallest absolute Gasteiger partial charge is 0.0461 e. The fraction of sp³-hybridized carbons (Fsp3) is 0.500. The summed E-state index contributed by atoms with van der Waals surface area (Å²) in [6.45, 7) is 9.22. The van der Waals surface area contributed by atoms with E-state index in [9.17, 15) is 0 Å². The van der Waals surface area contributed by atoms with E-state index in [1.165, 1.54) is 40.6 Å². The number of hydrogen-bond donors (Lipinski definition) is 1. The molecule has 0 radical (unpaired) electrons. The van der Waals surface area contributed by atoms with Crippen molar-refractivity contribution >= 4 is 10.9 Å². The van der Waals surface area contributed by atoms with Gasteiger partial charge in [-0.05, 0) is 61.3 Å². The maximum atomic E-state index is 3.64. The summed E-state index contributed by atoms with van der Waals surface area (Å²) in [6.07, 6.45) is 2.54. The Morgan fingerprint density at radius 3 is 2.71 bits per heavy atom. The zero-order chi connectivity index (χ0) is 12.2. The van der Waals surface area contributed by atoms with Crippen molar-refractivity contribution in [1.82, 2.24) is 4.98 Å². The molecule has 1 aliphatic carbocycles. The quantitative estimate of drug-likeness (QED) is 0.683. The number of fused-ring (bicyclic) bond motifs is 3. The third kappa shape index (κ3) is 1.52. The Hall–Kier alpha value is -1.24. The van der Waals surface area contributed by atoms with E-state index >= 15 is 0 Å². The van der Waals surface area contributed by atoms with Crippen LogP contribution in [0.3, 0.4) is 0 Å². The van der Waals surface area contributed by atoms with E-state index in [0.717, 1.165) is 5.92 Å². The Bertz CT molecular complexity index is 577. The molecule has 1 heterocycles. The Kier molecular flexibility index (Phi) is 2.32. The second-order valence-corrected chi connectivity index (χ2v) is 5.89. The molecule has 1 heteroatoms. The molecule has 1 nitrogen and oxygen atoms in total. The summed E-state index contributed by atoms with van der Waals surface area (Å²) in [5.41, 5.74) is 7.28. The average molecular weight is 227 g/mol. The largest absolute Gasteiger partial charge is 0.358 e. The number of rotatable bonds is 0. The predicted octanol–water partition coefficient (Wildman–Crippen LogP) is 4.47. The van der Waals surface area contributed by atoms with Gasteiger partial charge in [0, 0.05) is 16.6 Å². The standard InChI is InChI=1S/C16H21N/c1-9-7-11(3)15-14(8-9)17-13-6-5-10(2)12(4)16(13)15/h5-6,9,11,17H,7-8H2,1-4H3. The van der Waals surface area contributed by atoms with Crippen molar-refractivity contribution in [2.45, 2.75) is 46.5 Å².